The molecule has 70 valence electrons. The van der Waals surface area contributed by atoms with E-state index in [1.165, 1.54) is 0 Å². The quantitative estimate of drug-likeness (QED) is 0.399. The van der Waals surface area contributed by atoms with Crippen LogP contribution in [0.5, 0.6) is 0 Å². The molecule has 4 unspecified atom stereocenters. The number of hydrogen-bond donors (Lipinski definition) is 2. The zero-order valence-electron chi connectivity index (χ0n) is 6.61. The smallest absolute Gasteiger partial charge is 0.336 e. The van der Waals surface area contributed by atoms with E-state index < -0.39 is 28.2 Å². The van der Waals surface area contributed by atoms with Gasteiger partial charge in [0.2, 0.25) is 0 Å². The van der Waals surface area contributed by atoms with E-state index in [-0.39, 0.29) is 0 Å². The van der Waals surface area contributed by atoms with Crippen molar-refractivity contribution in [1.29, 1.82) is 0 Å². The van der Waals surface area contributed by atoms with Gasteiger partial charge >= 0.3 is 5.97 Å². The number of carbonyl (C=O) groups excluding carboxylic acids is 1. The van der Waals surface area contributed by atoms with Crippen molar-refractivity contribution in [2.45, 2.75) is 35.6 Å². The fourth-order valence-electron chi connectivity index (χ4n) is 1.14. The van der Waals surface area contributed by atoms with Crippen LogP contribution < -0.4 is 0 Å². The van der Waals surface area contributed by atoms with E-state index in [1.807, 2.05) is 29.5 Å². The molecule has 4 atom stereocenters. The molecule has 0 aromatic rings. The third-order valence-corrected chi connectivity index (χ3v) is 3.34. The normalized spacial score (nSPS) is 42.5. The minimum absolute atomic E-state index is 0.464. The lowest BCUT2D eigenvalue weighted by molar-refractivity contribution is -0.177. The van der Waals surface area contributed by atoms with Gasteiger partial charge in [-0.15, -0.1) is 0 Å². The number of hydrogen-bond acceptors (Lipinski definition) is 4. The SMILES string of the molecule is CCC1OC(=O)C(O)C(I)C1O. The lowest BCUT2D eigenvalue weighted by Gasteiger charge is -2.33. The fourth-order valence-corrected chi connectivity index (χ4v) is 1.89. The predicted octanol–water partition coefficient (Wildman–Crippen LogP) is -0.153. The zero-order valence-corrected chi connectivity index (χ0v) is 8.76. The first-order valence-electron chi connectivity index (χ1n) is 3.78. The van der Waals surface area contributed by atoms with Crippen LogP contribution in [0, 0.1) is 0 Å². The fraction of sp³-hybridized carbons (Fsp3) is 0.857. The van der Waals surface area contributed by atoms with Crippen molar-refractivity contribution in [3.8, 4) is 0 Å². The van der Waals surface area contributed by atoms with Gasteiger partial charge in [-0.2, -0.15) is 0 Å². The van der Waals surface area contributed by atoms with E-state index >= 15 is 0 Å². The number of carbonyl (C=O) groups is 1. The molecule has 4 nitrogen and oxygen atoms in total. The van der Waals surface area contributed by atoms with Crippen molar-refractivity contribution in [2.75, 3.05) is 0 Å². The highest BCUT2D eigenvalue weighted by molar-refractivity contribution is 14.1. The summed E-state index contributed by atoms with van der Waals surface area (Å²) >= 11 is 1.86. The second-order valence-corrected chi connectivity index (χ2v) is 4.20. The molecular formula is C7H11IO4. The number of halogens is 1. The second kappa shape index (κ2) is 3.89. The molecule has 0 bridgehead atoms. The van der Waals surface area contributed by atoms with Crippen molar-refractivity contribution in [3.05, 3.63) is 0 Å². The maximum atomic E-state index is 10.9. The van der Waals surface area contributed by atoms with Gasteiger partial charge in [0.25, 0.3) is 0 Å². The summed E-state index contributed by atoms with van der Waals surface area (Å²) in [6.45, 7) is 1.82. The highest BCUT2D eigenvalue weighted by Crippen LogP contribution is 2.24. The maximum absolute atomic E-state index is 10.9. The standard InChI is InChI=1S/C7H11IO4/c1-2-3-5(9)4(8)6(10)7(11)12-3/h3-6,9-10H,2H2,1H3. The minimum atomic E-state index is -1.19. The molecule has 5 heteroatoms. The molecule has 0 amide bonds. The van der Waals surface area contributed by atoms with E-state index in [2.05, 4.69) is 0 Å². The highest BCUT2D eigenvalue weighted by atomic mass is 127. The van der Waals surface area contributed by atoms with Gasteiger partial charge < -0.3 is 14.9 Å². The molecule has 1 heterocycles. The molecule has 2 N–H and O–H groups in total. The van der Waals surface area contributed by atoms with Gasteiger partial charge in [-0.1, -0.05) is 29.5 Å². The van der Waals surface area contributed by atoms with Gasteiger partial charge in [-0.25, -0.2) is 4.79 Å². The van der Waals surface area contributed by atoms with Crippen LogP contribution >= 0.6 is 22.6 Å². The van der Waals surface area contributed by atoms with Crippen LogP contribution in [0.15, 0.2) is 0 Å². The Morgan fingerprint density at radius 3 is 2.67 bits per heavy atom. The molecule has 1 aliphatic rings. The first-order valence-corrected chi connectivity index (χ1v) is 5.03. The van der Waals surface area contributed by atoms with Crippen LogP contribution in [0.3, 0.4) is 0 Å². The van der Waals surface area contributed by atoms with Crippen LogP contribution in [-0.2, 0) is 9.53 Å². The van der Waals surface area contributed by atoms with Crippen molar-refractivity contribution >= 4 is 28.6 Å². The molecule has 0 spiro atoms. The molecule has 0 aromatic heterocycles. The molecule has 0 aliphatic carbocycles. The Labute approximate surface area is 84.0 Å². The van der Waals surface area contributed by atoms with Gasteiger partial charge in [0, 0.05) is 0 Å². The molecule has 1 saturated heterocycles. The zero-order chi connectivity index (χ0) is 9.30. The summed E-state index contributed by atoms with van der Waals surface area (Å²) in [5, 5.41) is 18.7. The van der Waals surface area contributed by atoms with Crippen molar-refractivity contribution < 1.29 is 19.7 Å². The Balaban J connectivity index is 2.70. The molecule has 1 rings (SSSR count). The van der Waals surface area contributed by atoms with E-state index in [9.17, 15) is 15.0 Å². The Morgan fingerprint density at radius 2 is 2.17 bits per heavy atom. The third-order valence-electron chi connectivity index (χ3n) is 1.92. The number of ether oxygens (including phenoxy) is 1. The number of cyclic esters (lactones) is 1. The predicted molar refractivity (Wildman–Crippen MR) is 50.0 cm³/mol. The Hall–Kier alpha value is 0.120. The summed E-state index contributed by atoms with van der Waals surface area (Å²) in [6, 6.07) is 0. The van der Waals surface area contributed by atoms with E-state index in [4.69, 9.17) is 4.74 Å². The number of rotatable bonds is 1. The summed E-state index contributed by atoms with van der Waals surface area (Å²) < 4.78 is 4.32. The van der Waals surface area contributed by atoms with Gasteiger partial charge in [-0.3, -0.25) is 0 Å². The van der Waals surface area contributed by atoms with Crippen LogP contribution in [-0.4, -0.2) is 38.4 Å². The van der Waals surface area contributed by atoms with Gasteiger partial charge in [0.1, 0.15) is 12.2 Å². The first kappa shape index (κ1) is 10.2. The Morgan fingerprint density at radius 1 is 1.58 bits per heavy atom. The molecule has 0 saturated carbocycles. The average Bonchev–Trinajstić information content (AvgIpc) is 2.08. The monoisotopic (exact) mass is 286 g/mol. The first-order chi connectivity index (χ1) is 5.57. The van der Waals surface area contributed by atoms with E-state index in [0.29, 0.717) is 6.42 Å². The summed E-state index contributed by atoms with van der Waals surface area (Å²) in [5.74, 6) is -0.633. The molecule has 0 aromatic carbocycles. The van der Waals surface area contributed by atoms with Crippen molar-refractivity contribution in [2.24, 2.45) is 0 Å². The van der Waals surface area contributed by atoms with Crippen LogP contribution in [0.1, 0.15) is 13.3 Å². The minimum Gasteiger partial charge on any atom is -0.458 e. The number of esters is 1. The summed E-state index contributed by atoms with van der Waals surface area (Å²) in [6.07, 6.45) is -1.85. The second-order valence-electron chi connectivity index (χ2n) is 2.76. The molecule has 0 radical (unpaired) electrons. The molecule has 1 fully saturated rings. The number of alkyl halides is 1. The largest absolute Gasteiger partial charge is 0.458 e. The van der Waals surface area contributed by atoms with Crippen LogP contribution in [0.25, 0.3) is 0 Å². The lowest BCUT2D eigenvalue weighted by Crippen LogP contribution is -2.52. The van der Waals surface area contributed by atoms with Crippen molar-refractivity contribution in [1.82, 2.24) is 0 Å². The van der Waals surface area contributed by atoms with Gasteiger partial charge in [-0.05, 0) is 6.42 Å². The summed E-state index contributed by atoms with van der Waals surface area (Å²) in [4.78, 5) is 10.9. The van der Waals surface area contributed by atoms with Gasteiger partial charge in [0.15, 0.2) is 6.10 Å². The van der Waals surface area contributed by atoms with Crippen LogP contribution in [0.2, 0.25) is 0 Å². The molecule has 12 heavy (non-hydrogen) atoms. The van der Waals surface area contributed by atoms with E-state index in [0.717, 1.165) is 0 Å². The number of aliphatic hydroxyl groups is 2. The van der Waals surface area contributed by atoms with Crippen LogP contribution in [0.4, 0.5) is 0 Å². The molecule has 1 aliphatic heterocycles. The van der Waals surface area contributed by atoms with Gasteiger partial charge in [0.05, 0.1) is 3.92 Å². The number of aliphatic hydroxyl groups excluding tert-OH is 2. The molecular weight excluding hydrogens is 275 g/mol. The Bertz CT molecular complexity index is 182. The topological polar surface area (TPSA) is 66.8 Å². The third kappa shape index (κ3) is 1.72. The summed E-state index contributed by atoms with van der Waals surface area (Å²) in [5.41, 5.74) is 0. The average molecular weight is 286 g/mol. The van der Waals surface area contributed by atoms with Crippen molar-refractivity contribution in [3.63, 3.8) is 0 Å². The lowest BCUT2D eigenvalue weighted by atomic mass is 10.0. The highest BCUT2D eigenvalue weighted by Gasteiger charge is 2.42. The maximum Gasteiger partial charge on any atom is 0.336 e. The Kier molecular flexibility index (Phi) is 3.30. The summed E-state index contributed by atoms with van der Waals surface area (Å²) in [7, 11) is 0. The van der Waals surface area contributed by atoms with E-state index in [1.54, 1.807) is 0 Å².